The summed E-state index contributed by atoms with van der Waals surface area (Å²) in [5, 5.41) is 31.7. The van der Waals surface area contributed by atoms with Gasteiger partial charge in [-0.15, -0.1) is 5.10 Å². The highest BCUT2D eigenvalue weighted by molar-refractivity contribution is 5.06. The van der Waals surface area contributed by atoms with Gasteiger partial charge in [-0.1, -0.05) is 122 Å². The maximum absolute atomic E-state index is 3.88. The quantitative estimate of drug-likeness (QED) is 0.150. The van der Waals surface area contributed by atoms with Crippen LogP contribution in [0, 0.1) is 34.6 Å². The minimum absolute atomic E-state index is 0.856. The standard InChI is InChI=1S/2C6H7N.2C5H6N2.4C3H5N3.8C2H6/c1-6-2-4-7-5-3-6;1-6-3-2-4-7-5-6;1-5-2-3-6-4-7-5;1-5-2-3-6-7-4-5;1-6-3-4-2-5-6;1-6-3-2-4-5-6;1-6-4-2-3-5-6;1-3-4-2-5-6-3;8*1-2/h2*2-5H,1H3;2*2-4H,1H3;3*2-3H,1H3;2H,1H3,(H,4,5,6);8*1-2H3. The SMILES string of the molecule is CC.CC.CC.CC.CC.CC.CC.CC.Cc1cccnc1.Cc1ccncc1.Cc1ccncn1.Cc1ccnnc1.Cc1ncn[nH]1.Cn1ccnn1.Cn1cncn1.Cn1nccn1. The molecule has 18 heteroatoms. The third-order valence-electron chi connectivity index (χ3n) is 5.26. The second-order valence-corrected chi connectivity index (χ2v) is 10.1. The maximum Gasteiger partial charge on any atom is 0.137 e. The van der Waals surface area contributed by atoms with Crippen molar-refractivity contribution in [2.24, 2.45) is 21.1 Å². The number of hydrogen-bond donors (Lipinski definition) is 1. The number of pyridine rings is 2. The summed E-state index contributed by atoms with van der Waals surface area (Å²) in [6, 6.07) is 11.7. The Morgan fingerprint density at radius 1 is 0.412 bits per heavy atom. The van der Waals surface area contributed by atoms with Crippen molar-refractivity contribution in [3.63, 3.8) is 0 Å². The van der Waals surface area contributed by atoms with Gasteiger partial charge in [-0.05, 0) is 81.6 Å². The summed E-state index contributed by atoms with van der Waals surface area (Å²) < 4.78 is 3.28. The van der Waals surface area contributed by atoms with Crippen LogP contribution in [-0.2, 0) is 21.1 Å². The van der Waals surface area contributed by atoms with Gasteiger partial charge in [-0.2, -0.15) is 35.4 Å². The highest BCUT2D eigenvalue weighted by atomic mass is 15.4. The summed E-state index contributed by atoms with van der Waals surface area (Å²) >= 11 is 0. The molecule has 0 atom stereocenters. The van der Waals surface area contributed by atoms with E-state index in [-0.39, 0.29) is 0 Å². The van der Waals surface area contributed by atoms with Gasteiger partial charge in [-0.3, -0.25) is 24.4 Å². The molecule has 68 heavy (non-hydrogen) atoms. The predicted molar refractivity (Wildman–Crippen MR) is 286 cm³/mol. The Hall–Kier alpha value is -6.98. The number of nitrogens with zero attached hydrogens (tertiary/aromatic N) is 17. The summed E-state index contributed by atoms with van der Waals surface area (Å²) in [6.45, 7) is 41.8. The van der Waals surface area contributed by atoms with Crippen LogP contribution < -0.4 is 0 Å². The lowest BCUT2D eigenvalue weighted by atomic mass is 10.3. The number of rotatable bonds is 0. The van der Waals surface area contributed by atoms with Gasteiger partial charge >= 0.3 is 0 Å². The van der Waals surface area contributed by atoms with E-state index in [9.17, 15) is 0 Å². The van der Waals surface area contributed by atoms with E-state index in [0.29, 0.717) is 0 Å². The van der Waals surface area contributed by atoms with Crippen molar-refractivity contribution >= 4 is 0 Å². The molecule has 8 rings (SSSR count). The molecule has 384 valence electrons. The first kappa shape index (κ1) is 78.2. The Balaban J connectivity index is -0.0000000967. The summed E-state index contributed by atoms with van der Waals surface area (Å²) in [5.74, 6) is 0.856. The number of H-pyrrole nitrogens is 1. The molecule has 8 heterocycles. The first-order valence-electron chi connectivity index (χ1n) is 23.6. The lowest BCUT2D eigenvalue weighted by Gasteiger charge is -1.82. The smallest absolute Gasteiger partial charge is 0.137 e. The van der Waals surface area contributed by atoms with Crippen LogP contribution in [0.2, 0.25) is 0 Å². The van der Waals surface area contributed by atoms with Gasteiger partial charge < -0.3 is 0 Å². The zero-order valence-electron chi connectivity index (χ0n) is 46.7. The second kappa shape index (κ2) is 74.4. The van der Waals surface area contributed by atoms with Crippen molar-refractivity contribution in [3.05, 3.63) is 158 Å². The molecule has 0 spiro atoms. The predicted octanol–water partition coefficient (Wildman–Crippen LogP) is 12.1. The van der Waals surface area contributed by atoms with E-state index in [2.05, 4.69) is 75.9 Å². The molecule has 8 aromatic rings. The van der Waals surface area contributed by atoms with Crippen LogP contribution in [0.5, 0.6) is 0 Å². The monoisotopic (exact) mass is 947 g/mol. The van der Waals surface area contributed by atoms with Gasteiger partial charge in [-0.25, -0.2) is 19.9 Å². The van der Waals surface area contributed by atoms with Gasteiger partial charge in [0, 0.05) is 70.2 Å². The Morgan fingerprint density at radius 3 is 1.13 bits per heavy atom. The average molecular weight is 947 g/mol. The molecular formula is C50H94N18. The average Bonchev–Trinajstić information content (AvgIpc) is 4.29. The van der Waals surface area contributed by atoms with Crippen LogP contribution in [0.1, 0.15) is 139 Å². The Kier molecular flexibility index (Phi) is 85.5. The van der Waals surface area contributed by atoms with E-state index >= 15 is 0 Å². The number of aromatic nitrogens is 18. The molecule has 0 bridgehead atoms. The minimum Gasteiger partial charge on any atom is -0.265 e. The van der Waals surface area contributed by atoms with Crippen molar-refractivity contribution in [1.29, 1.82) is 0 Å². The van der Waals surface area contributed by atoms with E-state index in [1.807, 2.05) is 202 Å². The molecule has 0 fully saturated rings. The molecule has 0 aromatic carbocycles. The summed E-state index contributed by atoms with van der Waals surface area (Å²) in [6.07, 6.45) is 25.2. The molecule has 1 N–H and O–H groups in total. The largest absolute Gasteiger partial charge is 0.265 e. The molecule has 0 radical (unpaired) electrons. The van der Waals surface area contributed by atoms with Crippen molar-refractivity contribution in [2.45, 2.75) is 145 Å². The third-order valence-corrected chi connectivity index (χ3v) is 5.26. The van der Waals surface area contributed by atoms with Crippen molar-refractivity contribution in [3.8, 4) is 0 Å². The maximum atomic E-state index is 3.88. The Labute approximate surface area is 413 Å². The fraction of sp³-hybridized carbons (Fsp3) is 0.480. The molecule has 0 saturated carbocycles. The summed E-state index contributed by atoms with van der Waals surface area (Å²) in [4.78, 5) is 24.3. The first-order chi connectivity index (χ1) is 33.2. The van der Waals surface area contributed by atoms with Gasteiger partial charge in [0.15, 0.2) is 0 Å². The first-order valence-corrected chi connectivity index (χ1v) is 23.6. The minimum atomic E-state index is 0.856. The molecular weight excluding hydrogens is 853 g/mol. The molecule has 0 aliphatic rings. The fourth-order valence-electron chi connectivity index (χ4n) is 2.67. The van der Waals surface area contributed by atoms with Crippen LogP contribution in [0.4, 0.5) is 0 Å². The zero-order valence-corrected chi connectivity index (χ0v) is 46.7. The van der Waals surface area contributed by atoms with Crippen LogP contribution >= 0.6 is 0 Å². The fourth-order valence-corrected chi connectivity index (χ4v) is 2.67. The normalized spacial score (nSPS) is 7.41. The van der Waals surface area contributed by atoms with Crippen LogP contribution in [-0.4, -0.2) is 90.1 Å². The highest BCUT2D eigenvalue weighted by Gasteiger charge is 1.77. The topological polar surface area (TPSA) is 211 Å². The van der Waals surface area contributed by atoms with Crippen LogP contribution in [0.15, 0.2) is 130 Å². The molecule has 8 aromatic heterocycles. The molecule has 0 saturated heterocycles. The number of aromatic amines is 1. The van der Waals surface area contributed by atoms with Gasteiger partial charge in [0.05, 0.1) is 24.8 Å². The zero-order chi connectivity index (χ0) is 54.1. The van der Waals surface area contributed by atoms with E-state index in [0.717, 1.165) is 17.1 Å². The van der Waals surface area contributed by atoms with E-state index < -0.39 is 0 Å². The Bertz CT molecular complexity index is 1550. The lowest BCUT2D eigenvalue weighted by Crippen LogP contribution is -1.89. The van der Waals surface area contributed by atoms with E-state index in [4.69, 9.17) is 0 Å². The van der Waals surface area contributed by atoms with E-state index in [1.54, 1.807) is 84.7 Å². The number of aryl methyl sites for hydroxylation is 8. The van der Waals surface area contributed by atoms with Gasteiger partial charge in [0.25, 0.3) is 0 Å². The lowest BCUT2D eigenvalue weighted by molar-refractivity contribution is 0.654. The van der Waals surface area contributed by atoms with Crippen LogP contribution in [0.3, 0.4) is 0 Å². The van der Waals surface area contributed by atoms with Crippen molar-refractivity contribution in [2.75, 3.05) is 0 Å². The Morgan fingerprint density at radius 2 is 0.956 bits per heavy atom. The molecule has 0 unspecified atom stereocenters. The molecule has 0 aliphatic carbocycles. The molecule has 0 aliphatic heterocycles. The number of hydrogen-bond acceptors (Lipinski definition) is 14. The third kappa shape index (κ3) is 70.7. The second-order valence-electron chi connectivity index (χ2n) is 10.1. The number of nitrogens with one attached hydrogen (secondary N) is 1. The van der Waals surface area contributed by atoms with Gasteiger partial charge in [0.2, 0.25) is 0 Å². The van der Waals surface area contributed by atoms with Crippen molar-refractivity contribution in [1.82, 2.24) is 90.1 Å². The van der Waals surface area contributed by atoms with Gasteiger partial charge in [0.1, 0.15) is 31.1 Å². The van der Waals surface area contributed by atoms with Crippen LogP contribution in [0.25, 0.3) is 0 Å². The summed E-state index contributed by atoms with van der Waals surface area (Å²) in [5.41, 5.74) is 4.63. The highest BCUT2D eigenvalue weighted by Crippen LogP contribution is 1.89. The van der Waals surface area contributed by atoms with E-state index in [1.165, 1.54) is 34.9 Å². The summed E-state index contributed by atoms with van der Waals surface area (Å²) in [7, 11) is 5.43. The molecule has 0 amide bonds. The molecule has 18 nitrogen and oxygen atoms in total. The van der Waals surface area contributed by atoms with Crippen molar-refractivity contribution < 1.29 is 0 Å².